The Bertz CT molecular complexity index is 720. The number of phenols is 1. The summed E-state index contributed by atoms with van der Waals surface area (Å²) in [7, 11) is 0. The predicted octanol–water partition coefficient (Wildman–Crippen LogP) is 2.57. The largest absolute Gasteiger partial charge is 0.507 e. The van der Waals surface area contributed by atoms with Gasteiger partial charge < -0.3 is 9.84 Å². The molecule has 0 radical (unpaired) electrons. The standard InChI is InChI=1S/C19H23NO5/c1-12(21)25-11-14-9-8-13(19(14,2)3)10-17(23)20-18(24)15-6-4-5-7-16(15)22/h4-7,9,13,22H,8,10-11H2,1-3H3,(H,20,23,24). The molecule has 0 bridgehead atoms. The molecule has 2 rings (SSSR count). The van der Waals surface area contributed by atoms with Gasteiger partial charge in [0.2, 0.25) is 5.91 Å². The smallest absolute Gasteiger partial charge is 0.302 e. The molecule has 0 saturated heterocycles. The molecule has 1 atom stereocenters. The van der Waals surface area contributed by atoms with Crippen molar-refractivity contribution in [3.8, 4) is 5.75 Å². The first-order chi connectivity index (χ1) is 11.7. The molecule has 25 heavy (non-hydrogen) atoms. The summed E-state index contributed by atoms with van der Waals surface area (Å²) in [6, 6.07) is 6.07. The maximum absolute atomic E-state index is 12.2. The molecule has 0 spiro atoms. The van der Waals surface area contributed by atoms with Gasteiger partial charge in [-0.1, -0.05) is 32.1 Å². The van der Waals surface area contributed by atoms with E-state index in [2.05, 4.69) is 5.32 Å². The number of ether oxygens (including phenoxy) is 1. The van der Waals surface area contributed by atoms with Crippen LogP contribution in [-0.4, -0.2) is 29.5 Å². The minimum Gasteiger partial charge on any atom is -0.507 e. The van der Waals surface area contributed by atoms with Gasteiger partial charge in [0.05, 0.1) is 5.56 Å². The molecule has 0 fully saturated rings. The second-order valence-electron chi connectivity index (χ2n) is 6.76. The van der Waals surface area contributed by atoms with Crippen LogP contribution in [0.3, 0.4) is 0 Å². The van der Waals surface area contributed by atoms with Crippen LogP contribution in [-0.2, 0) is 14.3 Å². The molecule has 1 aromatic carbocycles. The lowest BCUT2D eigenvalue weighted by atomic mass is 9.75. The lowest BCUT2D eigenvalue weighted by molar-refractivity contribution is -0.140. The lowest BCUT2D eigenvalue weighted by Crippen LogP contribution is -2.34. The quantitative estimate of drug-likeness (QED) is 0.632. The van der Waals surface area contributed by atoms with Crippen LogP contribution in [0.4, 0.5) is 0 Å². The molecule has 1 unspecified atom stereocenters. The average molecular weight is 345 g/mol. The highest BCUT2D eigenvalue weighted by molar-refractivity contribution is 6.06. The van der Waals surface area contributed by atoms with Crippen molar-refractivity contribution in [3.63, 3.8) is 0 Å². The van der Waals surface area contributed by atoms with E-state index in [4.69, 9.17) is 4.74 Å². The van der Waals surface area contributed by atoms with E-state index in [9.17, 15) is 19.5 Å². The minimum absolute atomic E-state index is 0.00947. The number of nitrogens with one attached hydrogen (secondary N) is 1. The summed E-state index contributed by atoms with van der Waals surface area (Å²) in [4.78, 5) is 35.3. The van der Waals surface area contributed by atoms with Gasteiger partial charge in [-0.3, -0.25) is 19.7 Å². The van der Waals surface area contributed by atoms with E-state index in [1.807, 2.05) is 19.9 Å². The maximum Gasteiger partial charge on any atom is 0.302 e. The molecule has 0 heterocycles. The Morgan fingerprint density at radius 2 is 1.96 bits per heavy atom. The van der Waals surface area contributed by atoms with Gasteiger partial charge in [0.25, 0.3) is 5.91 Å². The van der Waals surface area contributed by atoms with Gasteiger partial charge in [-0.15, -0.1) is 0 Å². The number of aromatic hydroxyl groups is 1. The summed E-state index contributed by atoms with van der Waals surface area (Å²) < 4.78 is 5.06. The maximum atomic E-state index is 12.2. The summed E-state index contributed by atoms with van der Waals surface area (Å²) in [5.74, 6) is -1.51. The number of esters is 1. The van der Waals surface area contributed by atoms with Gasteiger partial charge in [0.15, 0.2) is 0 Å². The average Bonchev–Trinajstić information content (AvgIpc) is 2.80. The highest BCUT2D eigenvalue weighted by Crippen LogP contribution is 2.45. The van der Waals surface area contributed by atoms with Crippen molar-refractivity contribution in [2.45, 2.75) is 33.6 Å². The van der Waals surface area contributed by atoms with Gasteiger partial charge in [0, 0.05) is 13.3 Å². The second kappa shape index (κ2) is 7.51. The Morgan fingerprint density at radius 3 is 2.60 bits per heavy atom. The predicted molar refractivity (Wildman–Crippen MR) is 91.8 cm³/mol. The van der Waals surface area contributed by atoms with Crippen LogP contribution in [0.2, 0.25) is 0 Å². The number of allylic oxidation sites excluding steroid dienone is 1. The highest BCUT2D eigenvalue weighted by atomic mass is 16.5. The Hall–Kier alpha value is -2.63. The van der Waals surface area contributed by atoms with Crippen molar-refractivity contribution in [3.05, 3.63) is 41.5 Å². The molecule has 0 aliphatic heterocycles. The summed E-state index contributed by atoms with van der Waals surface area (Å²) in [5.41, 5.74) is 0.743. The number of imide groups is 1. The Labute approximate surface area is 146 Å². The second-order valence-corrected chi connectivity index (χ2v) is 6.76. The summed E-state index contributed by atoms with van der Waals surface area (Å²) in [6.45, 7) is 5.57. The van der Waals surface area contributed by atoms with Crippen LogP contribution in [0.1, 0.15) is 44.0 Å². The molecular weight excluding hydrogens is 322 g/mol. The zero-order valence-electron chi connectivity index (χ0n) is 14.7. The van der Waals surface area contributed by atoms with E-state index >= 15 is 0 Å². The number of hydrogen-bond donors (Lipinski definition) is 2. The summed E-state index contributed by atoms with van der Waals surface area (Å²) >= 11 is 0. The van der Waals surface area contributed by atoms with E-state index in [1.54, 1.807) is 12.1 Å². The number of benzene rings is 1. The van der Waals surface area contributed by atoms with Crippen LogP contribution >= 0.6 is 0 Å². The van der Waals surface area contributed by atoms with Crippen LogP contribution in [0.5, 0.6) is 5.75 Å². The van der Waals surface area contributed by atoms with Gasteiger partial charge in [0.1, 0.15) is 12.4 Å². The number of carbonyl (C=O) groups excluding carboxylic acids is 3. The number of hydrogen-bond acceptors (Lipinski definition) is 5. The number of phenolic OH excluding ortho intramolecular Hbond substituents is 1. The monoisotopic (exact) mass is 345 g/mol. The first-order valence-electron chi connectivity index (χ1n) is 8.17. The fourth-order valence-corrected chi connectivity index (χ4v) is 3.00. The number of carbonyl (C=O) groups is 3. The zero-order valence-corrected chi connectivity index (χ0v) is 14.7. The van der Waals surface area contributed by atoms with Crippen molar-refractivity contribution in [1.29, 1.82) is 0 Å². The first kappa shape index (κ1) is 18.7. The lowest BCUT2D eigenvalue weighted by Gasteiger charge is -2.30. The van der Waals surface area contributed by atoms with Crippen LogP contribution in [0.25, 0.3) is 0 Å². The third-order valence-corrected chi connectivity index (χ3v) is 4.76. The van der Waals surface area contributed by atoms with Gasteiger partial charge >= 0.3 is 5.97 Å². The van der Waals surface area contributed by atoms with E-state index < -0.39 is 11.8 Å². The number of amides is 2. The van der Waals surface area contributed by atoms with Crippen LogP contribution in [0.15, 0.2) is 35.9 Å². The van der Waals surface area contributed by atoms with Crippen LogP contribution in [0, 0.1) is 11.3 Å². The van der Waals surface area contributed by atoms with Crippen LogP contribution < -0.4 is 5.32 Å². The van der Waals surface area contributed by atoms with Gasteiger partial charge in [-0.25, -0.2) is 0 Å². The van der Waals surface area contributed by atoms with Gasteiger partial charge in [-0.2, -0.15) is 0 Å². The third-order valence-electron chi connectivity index (χ3n) is 4.76. The SMILES string of the molecule is CC(=O)OCC1=CCC(CC(=O)NC(=O)c2ccccc2O)C1(C)C. The fraction of sp³-hybridized carbons (Fsp3) is 0.421. The zero-order chi connectivity index (χ0) is 18.6. The summed E-state index contributed by atoms with van der Waals surface area (Å²) in [6.07, 6.45) is 2.85. The molecule has 6 nitrogen and oxygen atoms in total. The van der Waals surface area contributed by atoms with Crippen molar-refractivity contribution in [1.82, 2.24) is 5.32 Å². The molecule has 2 amide bonds. The molecule has 0 saturated carbocycles. The molecule has 1 aliphatic carbocycles. The highest BCUT2D eigenvalue weighted by Gasteiger charge is 2.38. The molecule has 0 aromatic heterocycles. The molecular formula is C19H23NO5. The van der Waals surface area contributed by atoms with E-state index in [0.717, 1.165) is 5.57 Å². The van der Waals surface area contributed by atoms with Crippen molar-refractivity contribution in [2.75, 3.05) is 6.61 Å². The Balaban J connectivity index is 1.94. The molecule has 6 heteroatoms. The van der Waals surface area contributed by atoms with Crippen molar-refractivity contribution in [2.24, 2.45) is 11.3 Å². The van der Waals surface area contributed by atoms with Crippen molar-refractivity contribution < 1.29 is 24.2 Å². The van der Waals surface area contributed by atoms with E-state index in [1.165, 1.54) is 19.1 Å². The minimum atomic E-state index is -0.619. The molecule has 1 aromatic rings. The molecule has 2 N–H and O–H groups in total. The van der Waals surface area contributed by atoms with Crippen molar-refractivity contribution >= 4 is 17.8 Å². The third kappa shape index (κ3) is 4.47. The Morgan fingerprint density at radius 1 is 1.28 bits per heavy atom. The van der Waals surface area contributed by atoms with E-state index in [-0.39, 0.29) is 41.6 Å². The number of rotatable bonds is 5. The van der Waals surface area contributed by atoms with Gasteiger partial charge in [-0.05, 0) is 35.5 Å². The normalized spacial score (nSPS) is 18.4. The van der Waals surface area contributed by atoms with E-state index in [0.29, 0.717) is 6.42 Å². The summed E-state index contributed by atoms with van der Waals surface area (Å²) in [5, 5.41) is 12.0. The topological polar surface area (TPSA) is 92.7 Å². The molecule has 134 valence electrons. The fourth-order valence-electron chi connectivity index (χ4n) is 3.00. The molecule has 1 aliphatic rings. The number of para-hydroxylation sites is 1. The Kier molecular flexibility index (Phi) is 5.62. The first-order valence-corrected chi connectivity index (χ1v) is 8.17.